The first kappa shape index (κ1) is 12.8. The van der Waals surface area contributed by atoms with E-state index in [1.807, 2.05) is 19.2 Å². The van der Waals surface area contributed by atoms with E-state index in [1.165, 1.54) is 18.4 Å². The summed E-state index contributed by atoms with van der Waals surface area (Å²) in [4.78, 5) is 4.28. The number of benzene rings is 1. The van der Waals surface area contributed by atoms with Crippen LogP contribution in [0.3, 0.4) is 0 Å². The van der Waals surface area contributed by atoms with Crippen molar-refractivity contribution in [3.8, 4) is 0 Å². The van der Waals surface area contributed by atoms with Crippen molar-refractivity contribution in [2.45, 2.75) is 43.7 Å². The van der Waals surface area contributed by atoms with E-state index < -0.39 is 0 Å². The molecule has 1 aromatic rings. The predicted octanol–water partition coefficient (Wildman–Crippen LogP) is 2.91. The van der Waals surface area contributed by atoms with E-state index in [0.29, 0.717) is 18.0 Å². The van der Waals surface area contributed by atoms with E-state index in [9.17, 15) is 0 Å². The van der Waals surface area contributed by atoms with Gasteiger partial charge in [0.05, 0.1) is 0 Å². The van der Waals surface area contributed by atoms with Gasteiger partial charge in [-0.15, -0.1) is 0 Å². The molecule has 2 aliphatic carbocycles. The smallest absolute Gasteiger partial charge is 0.191 e. The van der Waals surface area contributed by atoms with Crippen LogP contribution in [0.15, 0.2) is 29.3 Å². The molecule has 2 aliphatic rings. The Bertz CT molecular complexity index is 476. The molecule has 0 aliphatic heterocycles. The average molecular weight is 278 g/mol. The number of aliphatic imine (C=N–C) groups is 1. The largest absolute Gasteiger partial charge is 0.354 e. The lowest BCUT2D eigenvalue weighted by molar-refractivity contribution is 0.322. The minimum Gasteiger partial charge on any atom is -0.354 e. The maximum absolute atomic E-state index is 6.03. The van der Waals surface area contributed by atoms with Gasteiger partial charge in [0.1, 0.15) is 0 Å². The van der Waals surface area contributed by atoms with Gasteiger partial charge in [0.2, 0.25) is 0 Å². The maximum atomic E-state index is 6.03. The Kier molecular flexibility index (Phi) is 3.65. The molecule has 2 saturated carbocycles. The molecule has 3 rings (SSSR count). The Labute approximate surface area is 119 Å². The molecule has 0 atom stereocenters. The minimum absolute atomic E-state index is 0.536. The van der Waals surface area contributed by atoms with Crippen molar-refractivity contribution in [1.29, 1.82) is 0 Å². The molecule has 0 amide bonds. The second-order valence-electron chi connectivity index (χ2n) is 5.56. The highest BCUT2D eigenvalue weighted by Gasteiger charge is 2.32. The van der Waals surface area contributed by atoms with E-state index in [1.54, 1.807) is 0 Å². The Morgan fingerprint density at radius 1 is 1.21 bits per heavy atom. The van der Waals surface area contributed by atoms with Crippen molar-refractivity contribution < 1.29 is 0 Å². The van der Waals surface area contributed by atoms with E-state index in [-0.39, 0.29) is 0 Å². The van der Waals surface area contributed by atoms with Gasteiger partial charge >= 0.3 is 0 Å². The van der Waals surface area contributed by atoms with Crippen LogP contribution in [0, 0.1) is 0 Å². The number of rotatable bonds is 3. The van der Waals surface area contributed by atoms with Crippen molar-refractivity contribution in [3.05, 3.63) is 34.9 Å². The van der Waals surface area contributed by atoms with Crippen LogP contribution in [0.25, 0.3) is 0 Å². The van der Waals surface area contributed by atoms with Crippen LogP contribution in [-0.2, 0) is 0 Å². The molecular formula is C15H20ClN3. The van der Waals surface area contributed by atoms with Crippen molar-refractivity contribution in [2.24, 2.45) is 4.99 Å². The van der Waals surface area contributed by atoms with Gasteiger partial charge < -0.3 is 10.6 Å². The van der Waals surface area contributed by atoms with Crippen LogP contribution in [0.5, 0.6) is 0 Å². The molecule has 102 valence electrons. The standard InChI is InChI=1S/C15H20ClN3/c1-17-15(18-13-5-6-13)19-14-8-11(9-14)10-3-2-4-12(16)7-10/h2-4,7,11,13-14H,5-6,8-9H2,1H3,(H2,17,18,19). The summed E-state index contributed by atoms with van der Waals surface area (Å²) in [7, 11) is 1.84. The predicted molar refractivity (Wildman–Crippen MR) is 79.9 cm³/mol. The fourth-order valence-corrected chi connectivity index (χ4v) is 2.75. The van der Waals surface area contributed by atoms with Crippen molar-refractivity contribution in [3.63, 3.8) is 0 Å². The molecule has 0 saturated heterocycles. The molecule has 2 N–H and O–H groups in total. The second kappa shape index (κ2) is 5.41. The summed E-state index contributed by atoms with van der Waals surface area (Å²) in [5.74, 6) is 1.59. The van der Waals surface area contributed by atoms with Gasteiger partial charge in [-0.1, -0.05) is 23.7 Å². The molecule has 1 aromatic carbocycles. The minimum atomic E-state index is 0.536. The molecular weight excluding hydrogens is 258 g/mol. The summed E-state index contributed by atoms with van der Waals surface area (Å²) in [6.07, 6.45) is 4.87. The van der Waals surface area contributed by atoms with Gasteiger partial charge in [-0.2, -0.15) is 0 Å². The van der Waals surface area contributed by atoms with Gasteiger partial charge in [-0.05, 0) is 49.3 Å². The third-order valence-corrected chi connectivity index (χ3v) is 4.18. The van der Waals surface area contributed by atoms with E-state index in [4.69, 9.17) is 11.6 Å². The molecule has 0 aromatic heterocycles. The fraction of sp³-hybridized carbons (Fsp3) is 0.533. The monoisotopic (exact) mass is 277 g/mol. The highest BCUT2D eigenvalue weighted by atomic mass is 35.5. The number of nitrogens with zero attached hydrogens (tertiary/aromatic N) is 1. The molecule has 3 nitrogen and oxygen atoms in total. The third kappa shape index (κ3) is 3.21. The molecule has 19 heavy (non-hydrogen) atoms. The summed E-state index contributed by atoms with van der Waals surface area (Å²) in [6, 6.07) is 9.40. The van der Waals surface area contributed by atoms with Gasteiger partial charge in [0.15, 0.2) is 5.96 Å². The number of hydrogen-bond donors (Lipinski definition) is 2. The molecule has 0 spiro atoms. The highest BCUT2D eigenvalue weighted by Crippen LogP contribution is 2.37. The molecule has 2 fully saturated rings. The van der Waals surface area contributed by atoms with Crippen LogP contribution < -0.4 is 10.6 Å². The first-order valence-electron chi connectivity index (χ1n) is 7.00. The number of guanidine groups is 1. The molecule has 0 unspecified atom stereocenters. The normalized spacial score (nSPS) is 26.7. The zero-order chi connectivity index (χ0) is 13.2. The number of halogens is 1. The molecule has 0 heterocycles. The quantitative estimate of drug-likeness (QED) is 0.658. The zero-order valence-corrected chi connectivity index (χ0v) is 12.0. The summed E-state index contributed by atoms with van der Waals surface area (Å²) in [5, 5.41) is 7.75. The van der Waals surface area contributed by atoms with E-state index in [0.717, 1.165) is 23.8 Å². The zero-order valence-electron chi connectivity index (χ0n) is 11.2. The lowest BCUT2D eigenvalue weighted by Gasteiger charge is -2.37. The van der Waals surface area contributed by atoms with Crippen molar-refractivity contribution in [2.75, 3.05) is 7.05 Å². The van der Waals surface area contributed by atoms with E-state index >= 15 is 0 Å². The lowest BCUT2D eigenvalue weighted by atomic mass is 9.76. The Hall–Kier alpha value is -1.22. The molecule has 0 bridgehead atoms. The molecule has 4 heteroatoms. The van der Waals surface area contributed by atoms with Crippen LogP contribution in [0.4, 0.5) is 0 Å². The SMILES string of the molecule is CN=C(NC1CC1)NC1CC(c2cccc(Cl)c2)C1. The Morgan fingerprint density at radius 3 is 2.58 bits per heavy atom. The first-order valence-corrected chi connectivity index (χ1v) is 7.37. The highest BCUT2D eigenvalue weighted by molar-refractivity contribution is 6.30. The number of hydrogen-bond acceptors (Lipinski definition) is 1. The van der Waals surface area contributed by atoms with Crippen molar-refractivity contribution >= 4 is 17.6 Å². The summed E-state index contributed by atoms with van der Waals surface area (Å²) in [6.45, 7) is 0. The Morgan fingerprint density at radius 2 is 1.95 bits per heavy atom. The van der Waals surface area contributed by atoms with Gasteiger partial charge in [0, 0.05) is 24.2 Å². The van der Waals surface area contributed by atoms with Crippen LogP contribution in [0.1, 0.15) is 37.2 Å². The number of nitrogens with one attached hydrogen (secondary N) is 2. The third-order valence-electron chi connectivity index (χ3n) is 3.94. The lowest BCUT2D eigenvalue weighted by Crippen LogP contribution is -2.49. The topological polar surface area (TPSA) is 36.4 Å². The Balaban J connectivity index is 1.49. The second-order valence-corrected chi connectivity index (χ2v) is 5.99. The maximum Gasteiger partial charge on any atom is 0.191 e. The van der Waals surface area contributed by atoms with Gasteiger partial charge in [-0.25, -0.2) is 0 Å². The van der Waals surface area contributed by atoms with Crippen molar-refractivity contribution in [1.82, 2.24) is 10.6 Å². The molecule has 0 radical (unpaired) electrons. The van der Waals surface area contributed by atoms with Gasteiger partial charge in [-0.3, -0.25) is 4.99 Å². The van der Waals surface area contributed by atoms with Gasteiger partial charge in [0.25, 0.3) is 0 Å². The average Bonchev–Trinajstić information content (AvgIpc) is 3.15. The fourth-order valence-electron chi connectivity index (χ4n) is 2.55. The summed E-state index contributed by atoms with van der Waals surface area (Å²) >= 11 is 6.03. The first-order chi connectivity index (χ1) is 9.24. The van der Waals surface area contributed by atoms with Crippen LogP contribution >= 0.6 is 11.6 Å². The summed E-state index contributed by atoms with van der Waals surface area (Å²) in [5.41, 5.74) is 1.36. The van der Waals surface area contributed by atoms with Crippen LogP contribution in [-0.4, -0.2) is 25.1 Å². The van der Waals surface area contributed by atoms with E-state index in [2.05, 4.69) is 27.8 Å². The van der Waals surface area contributed by atoms with Crippen LogP contribution in [0.2, 0.25) is 5.02 Å². The summed E-state index contributed by atoms with van der Waals surface area (Å²) < 4.78 is 0.